The van der Waals surface area contributed by atoms with E-state index in [1.165, 1.54) is 26.4 Å². The van der Waals surface area contributed by atoms with Crippen molar-refractivity contribution in [1.29, 1.82) is 0 Å². The molecule has 2 atom stereocenters. The second-order valence-corrected chi connectivity index (χ2v) is 8.60. The van der Waals surface area contributed by atoms with E-state index in [0.717, 1.165) is 12.0 Å². The van der Waals surface area contributed by atoms with E-state index >= 15 is 0 Å². The number of methoxy groups -OCH3 is 2. The largest absolute Gasteiger partial charge is 0.493 e. The molecule has 0 saturated heterocycles. The molecule has 7 heteroatoms. The van der Waals surface area contributed by atoms with Crippen LogP contribution in [0.15, 0.2) is 53.4 Å². The molecular weight excluding hydrogens is 366 g/mol. The van der Waals surface area contributed by atoms with Crippen LogP contribution >= 0.6 is 0 Å². The zero-order valence-electron chi connectivity index (χ0n) is 15.3. The molecule has 0 spiro atoms. The Morgan fingerprint density at radius 1 is 1.07 bits per heavy atom. The third kappa shape index (κ3) is 4.42. The molecule has 27 heavy (non-hydrogen) atoms. The molecular formula is C20H23NO5S. The molecule has 1 N–H and O–H groups in total. The van der Waals surface area contributed by atoms with Crippen molar-refractivity contribution in [2.24, 2.45) is 5.92 Å². The molecule has 1 aliphatic carbocycles. The van der Waals surface area contributed by atoms with Gasteiger partial charge in [0.2, 0.25) is 5.91 Å². The average Bonchev–Trinajstić information content (AvgIpc) is 3.49. The molecule has 0 heterocycles. The van der Waals surface area contributed by atoms with Gasteiger partial charge in [-0.25, -0.2) is 8.42 Å². The van der Waals surface area contributed by atoms with Crippen molar-refractivity contribution < 1.29 is 22.7 Å². The summed E-state index contributed by atoms with van der Waals surface area (Å²) in [4.78, 5) is 12.4. The summed E-state index contributed by atoms with van der Waals surface area (Å²) in [7, 11) is -0.595. The Kier molecular flexibility index (Phi) is 5.70. The first-order valence-electron chi connectivity index (χ1n) is 8.73. The normalized spacial score (nSPS) is 18.6. The van der Waals surface area contributed by atoms with Crippen molar-refractivity contribution in [2.75, 3.05) is 26.5 Å². The van der Waals surface area contributed by atoms with Crippen LogP contribution in [-0.2, 0) is 14.6 Å². The molecule has 1 fully saturated rings. The highest BCUT2D eigenvalue weighted by Crippen LogP contribution is 2.47. The summed E-state index contributed by atoms with van der Waals surface area (Å²) >= 11 is 0. The van der Waals surface area contributed by atoms with E-state index in [0.29, 0.717) is 11.5 Å². The number of amides is 1. The lowest BCUT2D eigenvalue weighted by atomic mass is 10.1. The number of carbonyl (C=O) groups excluding carboxylic acids is 1. The van der Waals surface area contributed by atoms with E-state index in [4.69, 9.17) is 9.47 Å². The standard InChI is InChI=1S/C20H23NO5S/c1-25-18-9-8-15(12-19(18)26-2)27(23,24)11-10-21-20(22)17-13-16(17)14-6-4-3-5-7-14/h3-9,12,16-17H,10-11,13H2,1-2H3,(H,21,22). The van der Waals surface area contributed by atoms with Crippen molar-refractivity contribution in [3.63, 3.8) is 0 Å². The van der Waals surface area contributed by atoms with Gasteiger partial charge in [0.25, 0.3) is 0 Å². The fourth-order valence-corrected chi connectivity index (χ4v) is 4.29. The maximum atomic E-state index is 12.5. The van der Waals surface area contributed by atoms with Crippen LogP contribution in [0.4, 0.5) is 0 Å². The van der Waals surface area contributed by atoms with Crippen molar-refractivity contribution in [1.82, 2.24) is 5.32 Å². The first kappa shape index (κ1) is 19.2. The van der Waals surface area contributed by atoms with Crippen LogP contribution in [0, 0.1) is 5.92 Å². The molecule has 144 valence electrons. The van der Waals surface area contributed by atoms with Gasteiger partial charge in [0.15, 0.2) is 21.3 Å². The van der Waals surface area contributed by atoms with Gasteiger partial charge in [-0.2, -0.15) is 0 Å². The molecule has 1 amide bonds. The average molecular weight is 389 g/mol. The smallest absolute Gasteiger partial charge is 0.223 e. The summed E-state index contributed by atoms with van der Waals surface area (Å²) < 4.78 is 35.3. The second-order valence-electron chi connectivity index (χ2n) is 6.49. The van der Waals surface area contributed by atoms with Gasteiger partial charge in [-0.15, -0.1) is 0 Å². The minimum absolute atomic E-state index is 0.0730. The highest BCUT2D eigenvalue weighted by Gasteiger charge is 2.43. The maximum Gasteiger partial charge on any atom is 0.223 e. The summed E-state index contributed by atoms with van der Waals surface area (Å²) in [6.45, 7) is 0.0769. The summed E-state index contributed by atoms with van der Waals surface area (Å²) in [5.41, 5.74) is 1.15. The molecule has 1 saturated carbocycles. The van der Waals surface area contributed by atoms with Crippen LogP contribution in [-0.4, -0.2) is 40.8 Å². The molecule has 2 aromatic rings. The van der Waals surface area contributed by atoms with E-state index in [2.05, 4.69) is 5.32 Å². The molecule has 3 rings (SSSR count). The van der Waals surface area contributed by atoms with Gasteiger partial charge >= 0.3 is 0 Å². The molecule has 6 nitrogen and oxygen atoms in total. The fourth-order valence-electron chi connectivity index (χ4n) is 3.12. The highest BCUT2D eigenvalue weighted by atomic mass is 32.2. The first-order valence-corrected chi connectivity index (χ1v) is 10.4. The Labute approximate surface area is 159 Å². The number of hydrogen-bond acceptors (Lipinski definition) is 5. The van der Waals surface area contributed by atoms with Gasteiger partial charge in [-0.3, -0.25) is 4.79 Å². The van der Waals surface area contributed by atoms with Gasteiger partial charge in [-0.05, 0) is 30.0 Å². The Morgan fingerprint density at radius 2 is 1.78 bits per heavy atom. The monoisotopic (exact) mass is 389 g/mol. The summed E-state index contributed by atoms with van der Waals surface area (Å²) in [6.07, 6.45) is 0.804. The zero-order valence-corrected chi connectivity index (χ0v) is 16.2. The maximum absolute atomic E-state index is 12.5. The second kappa shape index (κ2) is 8.00. The van der Waals surface area contributed by atoms with Crippen molar-refractivity contribution in [2.45, 2.75) is 17.2 Å². The fraction of sp³-hybridized carbons (Fsp3) is 0.350. The minimum Gasteiger partial charge on any atom is -0.493 e. The lowest BCUT2D eigenvalue weighted by Gasteiger charge is -2.10. The zero-order chi connectivity index (χ0) is 19.4. The van der Waals surface area contributed by atoms with E-state index in [9.17, 15) is 13.2 Å². The van der Waals surface area contributed by atoms with Gasteiger partial charge in [0.05, 0.1) is 24.9 Å². The highest BCUT2D eigenvalue weighted by molar-refractivity contribution is 7.91. The van der Waals surface area contributed by atoms with Gasteiger partial charge in [0.1, 0.15) is 0 Å². The molecule has 2 aromatic carbocycles. The first-order chi connectivity index (χ1) is 13.0. The van der Waals surface area contributed by atoms with E-state index in [1.807, 2.05) is 30.3 Å². The van der Waals surface area contributed by atoms with Crippen LogP contribution in [0.5, 0.6) is 11.5 Å². The van der Waals surface area contributed by atoms with Crippen molar-refractivity contribution >= 4 is 15.7 Å². The van der Waals surface area contributed by atoms with E-state index in [1.54, 1.807) is 6.07 Å². The summed E-state index contributed by atoms with van der Waals surface area (Å²) in [6, 6.07) is 14.3. The quantitative estimate of drug-likeness (QED) is 0.750. The molecule has 0 aliphatic heterocycles. The van der Waals surface area contributed by atoms with Crippen LogP contribution < -0.4 is 14.8 Å². The number of rotatable bonds is 8. The number of ether oxygens (including phenoxy) is 2. The molecule has 0 bridgehead atoms. The van der Waals surface area contributed by atoms with Crippen LogP contribution in [0.2, 0.25) is 0 Å². The Morgan fingerprint density at radius 3 is 2.44 bits per heavy atom. The number of benzene rings is 2. The lowest BCUT2D eigenvalue weighted by Crippen LogP contribution is -2.30. The summed E-state index contributed by atoms with van der Waals surface area (Å²) in [5.74, 6) is 0.713. The van der Waals surface area contributed by atoms with Gasteiger partial charge in [-0.1, -0.05) is 30.3 Å². The Bertz CT molecular complexity index is 911. The number of sulfone groups is 1. The molecule has 0 aromatic heterocycles. The predicted molar refractivity (Wildman–Crippen MR) is 102 cm³/mol. The SMILES string of the molecule is COc1ccc(S(=O)(=O)CCNC(=O)C2CC2c2ccccc2)cc1OC. The van der Waals surface area contributed by atoms with Gasteiger partial charge in [0, 0.05) is 18.5 Å². The minimum atomic E-state index is -3.53. The van der Waals surface area contributed by atoms with Crippen molar-refractivity contribution in [3.05, 3.63) is 54.1 Å². The number of carbonyl (C=O) groups is 1. The number of nitrogens with one attached hydrogen (secondary N) is 1. The summed E-state index contributed by atoms with van der Waals surface area (Å²) in [5, 5.41) is 2.75. The number of hydrogen-bond donors (Lipinski definition) is 1. The predicted octanol–water partition coefficient (Wildman–Crippen LogP) is 2.40. The molecule has 1 aliphatic rings. The van der Waals surface area contributed by atoms with E-state index in [-0.39, 0.29) is 34.9 Å². The van der Waals surface area contributed by atoms with Crippen LogP contribution in [0.1, 0.15) is 17.9 Å². The lowest BCUT2D eigenvalue weighted by molar-refractivity contribution is -0.122. The van der Waals surface area contributed by atoms with Crippen molar-refractivity contribution in [3.8, 4) is 11.5 Å². The molecule has 2 unspecified atom stereocenters. The topological polar surface area (TPSA) is 81.7 Å². The van der Waals surface area contributed by atoms with Crippen LogP contribution in [0.25, 0.3) is 0 Å². The van der Waals surface area contributed by atoms with Crippen LogP contribution in [0.3, 0.4) is 0 Å². The van der Waals surface area contributed by atoms with Gasteiger partial charge < -0.3 is 14.8 Å². The molecule has 0 radical (unpaired) electrons. The Hall–Kier alpha value is -2.54. The van der Waals surface area contributed by atoms with E-state index < -0.39 is 9.84 Å². The third-order valence-electron chi connectivity index (χ3n) is 4.74. The Balaban J connectivity index is 1.55. The third-order valence-corrected chi connectivity index (χ3v) is 6.45.